The third kappa shape index (κ3) is 6.54. The molecule has 0 spiro atoms. The summed E-state index contributed by atoms with van der Waals surface area (Å²) in [5.41, 5.74) is 0.606. The summed E-state index contributed by atoms with van der Waals surface area (Å²) in [5, 5.41) is 10.6. The number of carbonyl (C=O) groups excluding carboxylic acids is 2. The molecule has 1 heterocycles. The second kappa shape index (κ2) is 10.7. The SMILES string of the molecule is C=CCOC(=O)COC[C@@H]1C[C@H](S)CN1C(=O)OCc1ccc([N+](=O)[O-])cc1. The average Bonchev–Trinajstić information content (AvgIpc) is 3.05. The van der Waals surface area contributed by atoms with Gasteiger partial charge in [0.25, 0.3) is 5.69 Å². The van der Waals surface area contributed by atoms with Crippen LogP contribution < -0.4 is 0 Å². The predicted octanol–water partition coefficient (Wildman–Crippen LogP) is 2.35. The zero-order chi connectivity index (χ0) is 20.5. The third-order valence-corrected chi connectivity index (χ3v) is 4.40. The lowest BCUT2D eigenvalue weighted by Crippen LogP contribution is -2.39. The van der Waals surface area contributed by atoms with Gasteiger partial charge in [0.05, 0.1) is 17.6 Å². The Kier molecular flexibility index (Phi) is 8.27. The summed E-state index contributed by atoms with van der Waals surface area (Å²) in [6.07, 6.45) is 1.54. The number of ether oxygens (including phenoxy) is 3. The molecule has 2 rings (SSSR count). The molecule has 1 saturated heterocycles. The van der Waals surface area contributed by atoms with E-state index >= 15 is 0 Å². The Bertz CT molecular complexity index is 710. The average molecular weight is 410 g/mol. The number of rotatable bonds is 9. The van der Waals surface area contributed by atoms with Crippen LogP contribution in [0.1, 0.15) is 12.0 Å². The Morgan fingerprint density at radius 2 is 2.04 bits per heavy atom. The van der Waals surface area contributed by atoms with Gasteiger partial charge in [-0.1, -0.05) is 12.7 Å². The van der Waals surface area contributed by atoms with Crippen LogP contribution in [-0.2, 0) is 25.6 Å². The number of thiol groups is 1. The second-order valence-corrected chi connectivity index (χ2v) is 6.89. The predicted molar refractivity (Wildman–Crippen MR) is 103 cm³/mol. The maximum Gasteiger partial charge on any atom is 0.410 e. The van der Waals surface area contributed by atoms with Gasteiger partial charge in [-0.2, -0.15) is 12.6 Å². The van der Waals surface area contributed by atoms with Crippen LogP contribution in [0.15, 0.2) is 36.9 Å². The number of benzene rings is 1. The maximum atomic E-state index is 12.4. The summed E-state index contributed by atoms with van der Waals surface area (Å²) in [4.78, 5) is 35.5. The van der Waals surface area contributed by atoms with Crippen molar-refractivity contribution in [2.75, 3.05) is 26.4 Å². The van der Waals surface area contributed by atoms with Crippen LogP contribution in [0.2, 0.25) is 0 Å². The largest absolute Gasteiger partial charge is 0.460 e. The molecule has 1 aromatic carbocycles. The Morgan fingerprint density at radius 1 is 1.32 bits per heavy atom. The van der Waals surface area contributed by atoms with Crippen molar-refractivity contribution in [3.8, 4) is 0 Å². The van der Waals surface area contributed by atoms with E-state index in [1.165, 1.54) is 35.2 Å². The van der Waals surface area contributed by atoms with Crippen LogP contribution in [0.3, 0.4) is 0 Å². The van der Waals surface area contributed by atoms with Crippen molar-refractivity contribution in [1.29, 1.82) is 0 Å². The van der Waals surface area contributed by atoms with E-state index in [2.05, 4.69) is 19.2 Å². The van der Waals surface area contributed by atoms with E-state index in [0.717, 1.165) is 0 Å². The first-order valence-electron chi connectivity index (χ1n) is 8.59. The fourth-order valence-electron chi connectivity index (χ4n) is 2.69. The first-order chi connectivity index (χ1) is 13.4. The molecule has 1 aliphatic heterocycles. The maximum absolute atomic E-state index is 12.4. The van der Waals surface area contributed by atoms with Gasteiger partial charge in [0.1, 0.15) is 19.8 Å². The van der Waals surface area contributed by atoms with Gasteiger partial charge < -0.3 is 19.1 Å². The lowest BCUT2D eigenvalue weighted by atomic mass is 10.2. The van der Waals surface area contributed by atoms with Crippen molar-refractivity contribution < 1.29 is 28.7 Å². The number of nitro benzene ring substituents is 1. The van der Waals surface area contributed by atoms with Crippen LogP contribution in [0, 0.1) is 10.1 Å². The van der Waals surface area contributed by atoms with Gasteiger partial charge in [-0.3, -0.25) is 10.1 Å². The Balaban J connectivity index is 1.81. The number of esters is 1. The van der Waals surface area contributed by atoms with E-state index in [-0.39, 0.29) is 43.4 Å². The van der Waals surface area contributed by atoms with Gasteiger partial charge >= 0.3 is 12.1 Å². The summed E-state index contributed by atoms with van der Waals surface area (Å²) >= 11 is 4.41. The van der Waals surface area contributed by atoms with E-state index in [1.54, 1.807) is 0 Å². The van der Waals surface area contributed by atoms with Crippen LogP contribution in [0.4, 0.5) is 10.5 Å². The number of amides is 1. The van der Waals surface area contributed by atoms with Crippen LogP contribution >= 0.6 is 12.6 Å². The van der Waals surface area contributed by atoms with Crippen LogP contribution in [0.25, 0.3) is 0 Å². The summed E-state index contributed by atoms with van der Waals surface area (Å²) in [5.74, 6) is -0.507. The van der Waals surface area contributed by atoms with Crippen molar-refractivity contribution >= 4 is 30.4 Å². The number of nitrogens with zero attached hydrogens (tertiary/aromatic N) is 2. The molecule has 0 aliphatic carbocycles. The monoisotopic (exact) mass is 410 g/mol. The second-order valence-electron chi connectivity index (χ2n) is 6.16. The molecule has 1 aliphatic rings. The van der Waals surface area contributed by atoms with Crippen molar-refractivity contribution in [2.45, 2.75) is 24.3 Å². The molecule has 1 amide bonds. The van der Waals surface area contributed by atoms with Gasteiger partial charge in [-0.15, -0.1) is 0 Å². The molecule has 0 bridgehead atoms. The van der Waals surface area contributed by atoms with Gasteiger partial charge in [0.15, 0.2) is 0 Å². The molecule has 0 unspecified atom stereocenters. The fourth-order valence-corrected chi connectivity index (χ4v) is 3.11. The van der Waals surface area contributed by atoms with Crippen molar-refractivity contribution in [3.05, 3.63) is 52.6 Å². The minimum Gasteiger partial charge on any atom is -0.460 e. The fraction of sp³-hybridized carbons (Fsp3) is 0.444. The number of carbonyl (C=O) groups is 2. The number of non-ortho nitro benzene ring substituents is 1. The lowest BCUT2D eigenvalue weighted by Gasteiger charge is -2.23. The van der Waals surface area contributed by atoms with Gasteiger partial charge in [0.2, 0.25) is 0 Å². The Morgan fingerprint density at radius 3 is 2.68 bits per heavy atom. The molecule has 1 fully saturated rings. The van der Waals surface area contributed by atoms with Crippen molar-refractivity contribution in [2.24, 2.45) is 0 Å². The molecular formula is C18H22N2O7S. The molecule has 2 atom stereocenters. The normalized spacial score (nSPS) is 18.5. The van der Waals surface area contributed by atoms with Gasteiger partial charge in [-0.25, -0.2) is 9.59 Å². The Labute approximate surface area is 167 Å². The van der Waals surface area contributed by atoms with Crippen molar-refractivity contribution in [3.63, 3.8) is 0 Å². The van der Waals surface area contributed by atoms with E-state index in [9.17, 15) is 19.7 Å². The Hall–Kier alpha value is -2.59. The molecule has 1 aromatic rings. The van der Waals surface area contributed by atoms with Gasteiger partial charge in [-0.05, 0) is 24.1 Å². The number of likely N-dealkylation sites (tertiary alicyclic amines) is 1. The molecule has 0 N–H and O–H groups in total. The topological polar surface area (TPSA) is 108 Å². The number of nitro groups is 1. The highest BCUT2D eigenvalue weighted by Crippen LogP contribution is 2.23. The standard InChI is InChI=1S/C18H22N2O7S/c1-2-7-26-17(21)12-25-11-15-8-16(28)9-19(15)18(22)27-10-13-3-5-14(6-4-13)20(23)24/h2-6,15-16,28H,1,7-12H2/t15-,16-/m0/s1. The molecule has 0 aromatic heterocycles. The number of hydrogen-bond acceptors (Lipinski definition) is 8. The lowest BCUT2D eigenvalue weighted by molar-refractivity contribution is -0.384. The van der Waals surface area contributed by atoms with E-state index in [4.69, 9.17) is 14.2 Å². The summed E-state index contributed by atoms with van der Waals surface area (Å²) in [6, 6.07) is 5.51. The molecule has 152 valence electrons. The van der Waals surface area contributed by atoms with E-state index in [1.807, 2.05) is 0 Å². The molecule has 10 heteroatoms. The minimum absolute atomic E-state index is 0.00791. The minimum atomic E-state index is -0.530. The molecular weight excluding hydrogens is 388 g/mol. The first kappa shape index (κ1) is 21.7. The highest BCUT2D eigenvalue weighted by molar-refractivity contribution is 7.81. The number of hydrogen-bond donors (Lipinski definition) is 1. The summed E-state index contributed by atoms with van der Waals surface area (Å²) in [6.45, 7) is 3.90. The van der Waals surface area contributed by atoms with Crippen molar-refractivity contribution in [1.82, 2.24) is 4.90 Å². The first-order valence-corrected chi connectivity index (χ1v) is 9.11. The van der Waals surface area contributed by atoms with Crippen LogP contribution in [-0.4, -0.2) is 59.5 Å². The third-order valence-electron chi connectivity index (χ3n) is 4.03. The smallest absolute Gasteiger partial charge is 0.410 e. The zero-order valence-electron chi connectivity index (χ0n) is 15.2. The zero-order valence-corrected chi connectivity index (χ0v) is 16.1. The molecule has 0 saturated carbocycles. The van der Waals surface area contributed by atoms with E-state index < -0.39 is 17.0 Å². The highest BCUT2D eigenvalue weighted by Gasteiger charge is 2.35. The van der Waals surface area contributed by atoms with Gasteiger partial charge in [0, 0.05) is 23.9 Å². The molecule has 28 heavy (non-hydrogen) atoms. The quantitative estimate of drug-likeness (QED) is 0.219. The van der Waals surface area contributed by atoms with Crippen LogP contribution in [0.5, 0.6) is 0 Å². The summed E-state index contributed by atoms with van der Waals surface area (Å²) < 4.78 is 15.5. The summed E-state index contributed by atoms with van der Waals surface area (Å²) in [7, 11) is 0. The molecule has 9 nitrogen and oxygen atoms in total. The van der Waals surface area contributed by atoms with E-state index in [0.29, 0.717) is 18.5 Å². The highest BCUT2D eigenvalue weighted by atomic mass is 32.1. The molecule has 0 radical (unpaired) electrons.